The average Bonchev–Trinajstić information content (AvgIpc) is 2.80. The smallest absolute Gasteiger partial charge is 0.165 e. The van der Waals surface area contributed by atoms with E-state index in [2.05, 4.69) is 4.98 Å². The predicted octanol–water partition coefficient (Wildman–Crippen LogP) is 2.91. The molecule has 0 unspecified atom stereocenters. The van der Waals surface area contributed by atoms with E-state index in [1.807, 2.05) is 0 Å². The minimum Gasteiger partial charge on any atom is -0.485 e. The summed E-state index contributed by atoms with van der Waals surface area (Å²) in [4.78, 5) is 4.84. The highest BCUT2D eigenvalue weighted by Crippen LogP contribution is 2.23. The van der Waals surface area contributed by atoms with Gasteiger partial charge in [0.2, 0.25) is 0 Å². The minimum atomic E-state index is -0.681. The lowest BCUT2D eigenvalue weighted by molar-refractivity contribution is 0.198. The lowest BCUT2D eigenvalue weighted by atomic mass is 10.1. The molecule has 0 radical (unpaired) electrons. The largest absolute Gasteiger partial charge is 0.485 e. The maximum Gasteiger partial charge on any atom is 0.165 e. The van der Waals surface area contributed by atoms with Gasteiger partial charge in [0.1, 0.15) is 6.61 Å². The van der Waals surface area contributed by atoms with E-state index in [-0.39, 0.29) is 5.75 Å². The summed E-state index contributed by atoms with van der Waals surface area (Å²) >= 11 is 1.46. The van der Waals surface area contributed by atoms with Crippen molar-refractivity contribution < 1.29 is 14.2 Å². The molecule has 1 heterocycles. The Morgan fingerprint density at radius 2 is 2.35 bits per heavy atom. The fourth-order valence-corrected chi connectivity index (χ4v) is 1.86. The first-order chi connectivity index (χ1) is 8.16. The van der Waals surface area contributed by atoms with Gasteiger partial charge in [0.05, 0.1) is 16.5 Å². The van der Waals surface area contributed by atoms with Gasteiger partial charge in [-0.25, -0.2) is 4.39 Å². The van der Waals surface area contributed by atoms with Crippen molar-refractivity contribution in [2.24, 2.45) is 0 Å². The summed E-state index contributed by atoms with van der Waals surface area (Å²) in [7, 11) is 0. The van der Waals surface area contributed by atoms with Crippen LogP contribution in [0.25, 0.3) is 0 Å². The van der Waals surface area contributed by atoms with Crippen LogP contribution >= 0.6 is 11.3 Å². The molecule has 0 amide bonds. The van der Waals surface area contributed by atoms with E-state index < -0.39 is 11.9 Å². The molecule has 0 fully saturated rings. The van der Waals surface area contributed by atoms with Gasteiger partial charge in [-0.2, -0.15) is 0 Å². The van der Waals surface area contributed by atoms with Gasteiger partial charge < -0.3 is 9.84 Å². The normalized spacial score (nSPS) is 12.4. The third kappa shape index (κ3) is 3.01. The number of benzene rings is 1. The van der Waals surface area contributed by atoms with E-state index in [1.165, 1.54) is 23.5 Å². The van der Waals surface area contributed by atoms with E-state index in [0.717, 1.165) is 4.88 Å². The van der Waals surface area contributed by atoms with Crippen LogP contribution in [0.4, 0.5) is 4.39 Å². The first-order valence-corrected chi connectivity index (χ1v) is 6.02. The number of aliphatic hydroxyl groups is 1. The molecule has 0 spiro atoms. The third-order valence-electron chi connectivity index (χ3n) is 2.29. The molecule has 2 rings (SSSR count). The van der Waals surface area contributed by atoms with Crippen LogP contribution in [-0.4, -0.2) is 10.1 Å². The zero-order chi connectivity index (χ0) is 12.3. The van der Waals surface area contributed by atoms with Crippen molar-refractivity contribution in [2.45, 2.75) is 19.6 Å². The highest BCUT2D eigenvalue weighted by atomic mass is 32.1. The molecule has 0 saturated heterocycles. The quantitative estimate of drug-likeness (QED) is 0.911. The van der Waals surface area contributed by atoms with Gasteiger partial charge in [0.15, 0.2) is 11.6 Å². The van der Waals surface area contributed by atoms with Crippen molar-refractivity contribution in [3.63, 3.8) is 0 Å². The van der Waals surface area contributed by atoms with Gasteiger partial charge in [-0.15, -0.1) is 11.3 Å². The summed E-state index contributed by atoms with van der Waals surface area (Å²) in [5.41, 5.74) is 2.23. The number of rotatable bonds is 4. The number of hydrogen-bond acceptors (Lipinski definition) is 4. The molecule has 0 aliphatic rings. The number of aromatic nitrogens is 1. The van der Waals surface area contributed by atoms with Crippen molar-refractivity contribution in [1.29, 1.82) is 0 Å². The first kappa shape index (κ1) is 12.0. The summed E-state index contributed by atoms with van der Waals surface area (Å²) < 4.78 is 18.9. The van der Waals surface area contributed by atoms with Crippen molar-refractivity contribution in [2.75, 3.05) is 0 Å². The SMILES string of the molecule is C[C@H](O)c1ccc(OCc2cncs2)c(F)c1. The van der Waals surface area contributed by atoms with Gasteiger partial charge >= 0.3 is 0 Å². The number of hydrogen-bond donors (Lipinski definition) is 1. The number of nitrogens with zero attached hydrogens (tertiary/aromatic N) is 1. The van der Waals surface area contributed by atoms with Gasteiger partial charge in [-0.05, 0) is 24.6 Å². The monoisotopic (exact) mass is 253 g/mol. The molecule has 1 aromatic carbocycles. The maximum atomic E-state index is 13.6. The predicted molar refractivity (Wildman–Crippen MR) is 63.5 cm³/mol. The number of ether oxygens (including phenoxy) is 1. The summed E-state index contributed by atoms with van der Waals surface area (Å²) in [6.45, 7) is 1.89. The summed E-state index contributed by atoms with van der Waals surface area (Å²) in [5.74, 6) is -0.282. The zero-order valence-corrected chi connectivity index (χ0v) is 10.1. The van der Waals surface area contributed by atoms with Crippen molar-refractivity contribution in [3.8, 4) is 5.75 Å². The molecule has 5 heteroatoms. The molecule has 17 heavy (non-hydrogen) atoms. The maximum absolute atomic E-state index is 13.6. The first-order valence-electron chi connectivity index (χ1n) is 5.14. The van der Waals surface area contributed by atoms with Gasteiger partial charge in [-0.3, -0.25) is 4.98 Å². The van der Waals surface area contributed by atoms with Crippen LogP contribution in [0.1, 0.15) is 23.5 Å². The Bertz CT molecular complexity index is 485. The van der Waals surface area contributed by atoms with Gasteiger partial charge in [0.25, 0.3) is 0 Å². The summed E-state index contributed by atoms with van der Waals surface area (Å²) in [6.07, 6.45) is 1.01. The molecule has 1 N–H and O–H groups in total. The highest BCUT2D eigenvalue weighted by molar-refractivity contribution is 7.09. The van der Waals surface area contributed by atoms with E-state index in [9.17, 15) is 9.50 Å². The fraction of sp³-hybridized carbons (Fsp3) is 0.250. The number of halogens is 1. The van der Waals surface area contributed by atoms with Crippen LogP contribution in [0, 0.1) is 5.82 Å². The molecule has 0 bridgehead atoms. The van der Waals surface area contributed by atoms with E-state index in [0.29, 0.717) is 12.2 Å². The van der Waals surface area contributed by atoms with Crippen molar-refractivity contribution >= 4 is 11.3 Å². The second-order valence-corrected chi connectivity index (χ2v) is 4.59. The Morgan fingerprint density at radius 3 is 2.94 bits per heavy atom. The summed E-state index contributed by atoms with van der Waals surface area (Å²) in [5, 5.41) is 9.31. The third-order valence-corrected chi connectivity index (χ3v) is 3.04. The Labute approximate surface area is 103 Å². The second kappa shape index (κ2) is 5.25. The van der Waals surface area contributed by atoms with E-state index in [1.54, 1.807) is 24.7 Å². The Hall–Kier alpha value is -1.46. The van der Waals surface area contributed by atoms with Crippen LogP contribution < -0.4 is 4.74 Å². The van der Waals surface area contributed by atoms with Crippen LogP contribution in [0.5, 0.6) is 5.75 Å². The Kier molecular flexibility index (Phi) is 3.71. The molecular weight excluding hydrogens is 241 g/mol. The minimum absolute atomic E-state index is 0.183. The summed E-state index contributed by atoms with van der Waals surface area (Å²) in [6, 6.07) is 4.46. The van der Waals surface area contributed by atoms with Crippen LogP contribution in [0.2, 0.25) is 0 Å². The number of aliphatic hydroxyl groups excluding tert-OH is 1. The molecule has 0 aliphatic heterocycles. The molecule has 1 aromatic heterocycles. The second-order valence-electron chi connectivity index (χ2n) is 3.62. The van der Waals surface area contributed by atoms with Crippen molar-refractivity contribution in [3.05, 3.63) is 46.2 Å². The Balaban J connectivity index is 2.06. The van der Waals surface area contributed by atoms with Crippen molar-refractivity contribution in [1.82, 2.24) is 4.98 Å². The molecule has 1 atom stereocenters. The van der Waals surface area contributed by atoms with E-state index in [4.69, 9.17) is 4.74 Å². The van der Waals surface area contributed by atoms with Gasteiger partial charge in [0, 0.05) is 6.20 Å². The Morgan fingerprint density at radius 1 is 1.53 bits per heavy atom. The average molecular weight is 253 g/mol. The lowest BCUT2D eigenvalue weighted by Crippen LogP contribution is -1.98. The van der Waals surface area contributed by atoms with Crippen LogP contribution in [0.15, 0.2) is 29.9 Å². The lowest BCUT2D eigenvalue weighted by Gasteiger charge is -2.09. The molecule has 2 aromatic rings. The molecular formula is C12H12FNO2S. The van der Waals surface area contributed by atoms with Crippen LogP contribution in [0.3, 0.4) is 0 Å². The van der Waals surface area contributed by atoms with Crippen LogP contribution in [-0.2, 0) is 6.61 Å². The molecule has 3 nitrogen and oxygen atoms in total. The standard InChI is InChI=1S/C12H12FNO2S/c1-8(15)9-2-3-12(11(13)4-9)16-6-10-5-14-7-17-10/h2-5,7-8,15H,6H2,1H3/t8-/m0/s1. The molecule has 90 valence electrons. The highest BCUT2D eigenvalue weighted by Gasteiger charge is 2.08. The number of thiazole rings is 1. The fourth-order valence-electron chi connectivity index (χ4n) is 1.36. The topological polar surface area (TPSA) is 42.4 Å². The van der Waals surface area contributed by atoms with Gasteiger partial charge in [-0.1, -0.05) is 6.07 Å². The molecule has 0 aliphatic carbocycles. The zero-order valence-electron chi connectivity index (χ0n) is 9.26. The van der Waals surface area contributed by atoms with E-state index >= 15 is 0 Å². The molecule has 0 saturated carbocycles.